The van der Waals surface area contributed by atoms with Crippen LogP contribution in [0.1, 0.15) is 36.8 Å². The molecule has 0 unspecified atom stereocenters. The van der Waals surface area contributed by atoms with E-state index in [0.29, 0.717) is 17.9 Å². The normalized spacial score (nSPS) is 14.3. The van der Waals surface area contributed by atoms with Crippen molar-refractivity contribution in [3.05, 3.63) is 59.8 Å². The van der Waals surface area contributed by atoms with E-state index in [0.717, 1.165) is 6.42 Å². The van der Waals surface area contributed by atoms with Crippen molar-refractivity contribution in [2.45, 2.75) is 25.5 Å². The summed E-state index contributed by atoms with van der Waals surface area (Å²) in [6, 6.07) is 10.0. The zero-order valence-electron chi connectivity index (χ0n) is 10.8. The van der Waals surface area contributed by atoms with Crippen LogP contribution in [0.25, 0.3) is 0 Å². The van der Waals surface area contributed by atoms with Gasteiger partial charge >= 0.3 is 0 Å². The van der Waals surface area contributed by atoms with E-state index in [1.807, 2.05) is 13.0 Å². The average Bonchev–Trinajstić information content (AvgIpc) is 2.95. The molecule has 0 aliphatic rings. The highest BCUT2D eigenvalue weighted by Gasteiger charge is 2.16. The highest BCUT2D eigenvalue weighted by atomic mass is 19.1. The molecule has 0 bridgehead atoms. The van der Waals surface area contributed by atoms with Gasteiger partial charge in [0, 0.05) is 18.2 Å². The van der Waals surface area contributed by atoms with Gasteiger partial charge in [-0.2, -0.15) is 0 Å². The van der Waals surface area contributed by atoms with Gasteiger partial charge in [-0.1, -0.05) is 25.1 Å². The van der Waals surface area contributed by atoms with Gasteiger partial charge < -0.3 is 14.8 Å². The Kier molecular flexibility index (Phi) is 4.71. The predicted molar refractivity (Wildman–Crippen MR) is 71.1 cm³/mol. The maximum Gasteiger partial charge on any atom is 0.133 e. The molecule has 2 aromatic rings. The third kappa shape index (κ3) is 3.43. The molecule has 0 aliphatic carbocycles. The lowest BCUT2D eigenvalue weighted by molar-refractivity contribution is 0.143. The summed E-state index contributed by atoms with van der Waals surface area (Å²) in [5, 5.41) is 13.1. The Bertz CT molecular complexity index is 499. The summed E-state index contributed by atoms with van der Waals surface area (Å²) in [5.41, 5.74) is 0.622. The molecule has 19 heavy (non-hydrogen) atoms. The Hall–Kier alpha value is -1.65. The van der Waals surface area contributed by atoms with E-state index in [1.165, 1.54) is 12.3 Å². The first kappa shape index (κ1) is 13.8. The molecule has 0 saturated carbocycles. The first-order valence-electron chi connectivity index (χ1n) is 6.41. The molecule has 2 rings (SSSR count). The van der Waals surface area contributed by atoms with E-state index in [-0.39, 0.29) is 11.9 Å². The molecule has 2 N–H and O–H groups in total. The number of furan rings is 1. The van der Waals surface area contributed by atoms with Crippen LogP contribution in [-0.2, 0) is 0 Å². The average molecular weight is 263 g/mol. The van der Waals surface area contributed by atoms with Crippen molar-refractivity contribution in [1.29, 1.82) is 0 Å². The minimum absolute atomic E-state index is 0.120. The Morgan fingerprint density at radius 1 is 1.26 bits per heavy atom. The monoisotopic (exact) mass is 263 g/mol. The zero-order valence-corrected chi connectivity index (χ0v) is 10.8. The van der Waals surface area contributed by atoms with Crippen LogP contribution in [0.2, 0.25) is 0 Å². The van der Waals surface area contributed by atoms with Crippen molar-refractivity contribution in [2.75, 3.05) is 6.54 Å². The number of nitrogens with one attached hydrogen (secondary N) is 1. The van der Waals surface area contributed by atoms with Gasteiger partial charge in [0.05, 0.1) is 6.26 Å². The maximum atomic E-state index is 13.7. The molecule has 0 fully saturated rings. The van der Waals surface area contributed by atoms with Crippen LogP contribution in [0.4, 0.5) is 4.39 Å². The molecular weight excluding hydrogens is 245 g/mol. The van der Waals surface area contributed by atoms with Gasteiger partial charge in [-0.3, -0.25) is 0 Å². The lowest BCUT2D eigenvalue weighted by atomic mass is 10.0. The van der Waals surface area contributed by atoms with E-state index in [4.69, 9.17) is 4.42 Å². The molecule has 0 amide bonds. The number of hydrogen-bond donors (Lipinski definition) is 2. The fourth-order valence-electron chi connectivity index (χ4n) is 2.07. The van der Waals surface area contributed by atoms with Crippen LogP contribution in [0, 0.1) is 5.82 Å². The van der Waals surface area contributed by atoms with E-state index in [9.17, 15) is 9.50 Å². The van der Waals surface area contributed by atoms with Crippen molar-refractivity contribution >= 4 is 0 Å². The van der Waals surface area contributed by atoms with Gasteiger partial charge in [0.25, 0.3) is 0 Å². The van der Waals surface area contributed by atoms with Crippen LogP contribution in [-0.4, -0.2) is 11.7 Å². The lowest BCUT2D eigenvalue weighted by Crippen LogP contribution is -2.26. The molecule has 4 heteroatoms. The molecule has 1 aromatic carbocycles. The molecule has 0 spiro atoms. The maximum absolute atomic E-state index is 13.7. The molecule has 1 aromatic heterocycles. The summed E-state index contributed by atoms with van der Waals surface area (Å²) >= 11 is 0. The molecule has 0 saturated heterocycles. The van der Waals surface area contributed by atoms with Crippen molar-refractivity contribution in [2.24, 2.45) is 0 Å². The number of aliphatic hydroxyl groups excluding tert-OH is 1. The molecule has 2 atom stereocenters. The summed E-state index contributed by atoms with van der Waals surface area (Å²) in [6.45, 7) is 2.30. The van der Waals surface area contributed by atoms with Gasteiger partial charge in [0.15, 0.2) is 0 Å². The number of hydrogen-bond acceptors (Lipinski definition) is 3. The summed E-state index contributed by atoms with van der Waals surface area (Å²) in [7, 11) is 0. The molecular formula is C15H18FNO2. The van der Waals surface area contributed by atoms with Gasteiger partial charge in [0.1, 0.15) is 17.7 Å². The third-order valence-electron chi connectivity index (χ3n) is 3.12. The Labute approximate surface area is 112 Å². The fraction of sp³-hybridized carbons (Fsp3) is 0.333. The molecule has 0 radical (unpaired) electrons. The van der Waals surface area contributed by atoms with Gasteiger partial charge in [0.2, 0.25) is 0 Å². The Balaban J connectivity index is 1.99. The van der Waals surface area contributed by atoms with Gasteiger partial charge in [-0.05, 0) is 24.6 Å². The standard InChI is InChI=1S/C15H18FNO2/c1-2-13(11-6-3-4-7-12(11)16)17-10-14(18)15-8-5-9-19-15/h3-9,13-14,17-18H,2,10H2,1H3/t13-,14+/m0/s1. The quantitative estimate of drug-likeness (QED) is 0.841. The summed E-state index contributed by atoms with van der Waals surface area (Å²) < 4.78 is 18.8. The van der Waals surface area contributed by atoms with Crippen LogP contribution in [0.3, 0.4) is 0 Å². The first-order valence-corrected chi connectivity index (χ1v) is 6.41. The first-order chi connectivity index (χ1) is 9.22. The number of halogens is 1. The van der Waals surface area contributed by atoms with E-state index in [2.05, 4.69) is 5.32 Å². The third-order valence-corrected chi connectivity index (χ3v) is 3.12. The van der Waals surface area contributed by atoms with Crippen molar-refractivity contribution in [1.82, 2.24) is 5.32 Å². The van der Waals surface area contributed by atoms with Crippen molar-refractivity contribution in [3.63, 3.8) is 0 Å². The minimum atomic E-state index is -0.726. The van der Waals surface area contributed by atoms with E-state index in [1.54, 1.807) is 24.3 Å². The topological polar surface area (TPSA) is 45.4 Å². The van der Waals surface area contributed by atoms with Crippen LogP contribution in [0.15, 0.2) is 47.1 Å². The second-order valence-electron chi connectivity index (χ2n) is 4.42. The molecule has 102 valence electrons. The molecule has 0 aliphatic heterocycles. The van der Waals surface area contributed by atoms with Crippen LogP contribution in [0.5, 0.6) is 0 Å². The van der Waals surface area contributed by atoms with E-state index >= 15 is 0 Å². The smallest absolute Gasteiger partial charge is 0.133 e. The zero-order chi connectivity index (χ0) is 13.7. The van der Waals surface area contributed by atoms with Gasteiger partial charge in [-0.15, -0.1) is 0 Å². The second-order valence-corrected chi connectivity index (χ2v) is 4.42. The fourth-order valence-corrected chi connectivity index (χ4v) is 2.07. The Morgan fingerprint density at radius 3 is 2.68 bits per heavy atom. The lowest BCUT2D eigenvalue weighted by Gasteiger charge is -2.19. The Morgan fingerprint density at radius 2 is 2.05 bits per heavy atom. The van der Waals surface area contributed by atoms with Gasteiger partial charge in [-0.25, -0.2) is 4.39 Å². The summed E-state index contributed by atoms with van der Waals surface area (Å²) in [6.07, 6.45) is 1.54. The number of rotatable bonds is 6. The highest BCUT2D eigenvalue weighted by Crippen LogP contribution is 2.21. The summed E-state index contributed by atoms with van der Waals surface area (Å²) in [4.78, 5) is 0. The number of benzene rings is 1. The minimum Gasteiger partial charge on any atom is -0.467 e. The molecule has 3 nitrogen and oxygen atoms in total. The summed E-state index contributed by atoms with van der Waals surface area (Å²) in [5.74, 6) is 0.283. The van der Waals surface area contributed by atoms with Crippen LogP contribution < -0.4 is 5.32 Å². The SMILES string of the molecule is CC[C@H](NC[C@@H](O)c1ccco1)c1ccccc1F. The van der Waals surface area contributed by atoms with E-state index < -0.39 is 6.10 Å². The predicted octanol–water partition coefficient (Wildman–Crippen LogP) is 3.19. The highest BCUT2D eigenvalue weighted by molar-refractivity contribution is 5.21. The van der Waals surface area contributed by atoms with Crippen molar-refractivity contribution in [3.8, 4) is 0 Å². The molecule has 1 heterocycles. The van der Waals surface area contributed by atoms with Crippen LogP contribution >= 0.6 is 0 Å². The number of aliphatic hydroxyl groups is 1. The second kappa shape index (κ2) is 6.50. The van der Waals surface area contributed by atoms with Crippen molar-refractivity contribution < 1.29 is 13.9 Å². The largest absolute Gasteiger partial charge is 0.467 e.